The van der Waals surface area contributed by atoms with E-state index >= 15 is 0 Å². The minimum atomic E-state index is -0.604. The second-order valence-corrected chi connectivity index (χ2v) is 7.20. The topological polar surface area (TPSA) is 96.6 Å². The van der Waals surface area contributed by atoms with Crippen molar-refractivity contribution in [1.29, 1.82) is 0 Å². The van der Waals surface area contributed by atoms with Crippen LogP contribution in [-0.2, 0) is 21.0 Å². The summed E-state index contributed by atoms with van der Waals surface area (Å²) in [6.45, 7) is 5.41. The fourth-order valence-corrected chi connectivity index (χ4v) is 3.16. The quantitative estimate of drug-likeness (QED) is 0.259. The number of hydrogen-bond acceptors (Lipinski definition) is 8. The lowest BCUT2D eigenvalue weighted by Crippen LogP contribution is -2.12. The van der Waals surface area contributed by atoms with Gasteiger partial charge in [0.1, 0.15) is 12.2 Å². The summed E-state index contributed by atoms with van der Waals surface area (Å²) in [7, 11) is 0. The summed E-state index contributed by atoms with van der Waals surface area (Å²) in [6.07, 6.45) is 0. The molecule has 0 fully saturated rings. The Morgan fingerprint density at radius 1 is 1.06 bits per heavy atom. The maximum atomic E-state index is 12.1. The molecule has 1 aliphatic rings. The number of hydrogen-bond donors (Lipinski definition) is 0. The van der Waals surface area contributed by atoms with Crippen molar-refractivity contribution < 1.29 is 28.3 Å². The smallest absolute Gasteiger partial charge is 0.347 e. The highest BCUT2D eigenvalue weighted by atomic mass is 16.7. The van der Waals surface area contributed by atoms with Gasteiger partial charge in [-0.3, -0.25) is 0 Å². The molecule has 2 heterocycles. The fraction of sp³-hybridized carbons (Fsp3) is 0.261. The summed E-state index contributed by atoms with van der Waals surface area (Å²) in [6, 6.07) is 10.4. The van der Waals surface area contributed by atoms with Gasteiger partial charge in [-0.2, -0.15) is 0 Å². The molecule has 0 atom stereocenters. The Labute approximate surface area is 178 Å². The molecule has 0 saturated carbocycles. The Kier molecular flexibility index (Phi) is 5.62. The Balaban J connectivity index is 1.37. The molecule has 4 rings (SSSR count). The highest BCUT2D eigenvalue weighted by Gasteiger charge is 2.15. The molecule has 3 aromatic rings. The van der Waals surface area contributed by atoms with Crippen molar-refractivity contribution in [2.45, 2.75) is 27.4 Å². The molecule has 0 N–H and O–H groups in total. The number of benzene rings is 2. The number of rotatable bonds is 6. The third kappa shape index (κ3) is 4.53. The SMILES string of the molecule is CC(=NOCC(=O)OCc1cc(=O)oc2cc(C)c(C)cc12)c1ccc2c(c1)OCO2. The number of nitrogens with zero attached hydrogens (tertiary/aromatic N) is 1. The molecule has 0 bridgehead atoms. The highest BCUT2D eigenvalue weighted by molar-refractivity contribution is 5.99. The summed E-state index contributed by atoms with van der Waals surface area (Å²) in [4.78, 5) is 29.0. The maximum absolute atomic E-state index is 12.1. The Morgan fingerprint density at radius 3 is 2.68 bits per heavy atom. The van der Waals surface area contributed by atoms with E-state index in [1.165, 1.54) is 6.07 Å². The number of carbonyl (C=O) groups excluding carboxylic acids is 1. The van der Waals surface area contributed by atoms with E-state index in [1.807, 2.05) is 26.0 Å². The summed E-state index contributed by atoms with van der Waals surface area (Å²) < 4.78 is 21.1. The van der Waals surface area contributed by atoms with Gasteiger partial charge in [0.15, 0.2) is 11.5 Å². The van der Waals surface area contributed by atoms with Crippen LogP contribution in [0.1, 0.15) is 29.2 Å². The molecule has 0 unspecified atom stereocenters. The predicted octanol–water partition coefficient (Wildman–Crippen LogP) is 3.62. The second-order valence-electron chi connectivity index (χ2n) is 7.20. The monoisotopic (exact) mass is 423 g/mol. The summed E-state index contributed by atoms with van der Waals surface area (Å²) in [5, 5.41) is 4.68. The van der Waals surface area contributed by atoms with Gasteiger partial charge in [-0.05, 0) is 62.2 Å². The molecule has 1 aliphatic heterocycles. The van der Waals surface area contributed by atoms with Crippen LogP contribution >= 0.6 is 0 Å². The van der Waals surface area contributed by atoms with E-state index in [1.54, 1.807) is 25.1 Å². The zero-order chi connectivity index (χ0) is 22.0. The van der Waals surface area contributed by atoms with E-state index in [9.17, 15) is 9.59 Å². The average Bonchev–Trinajstić information content (AvgIpc) is 3.21. The standard InChI is InChI=1S/C23H21NO7/c1-13-6-18-17(9-22(25)31-20(18)7-14(13)2)10-27-23(26)11-30-24-15(3)16-4-5-19-21(8-16)29-12-28-19/h4-9H,10-12H2,1-3H3. The van der Waals surface area contributed by atoms with Gasteiger partial charge in [-0.15, -0.1) is 0 Å². The van der Waals surface area contributed by atoms with Crippen LogP contribution in [0.25, 0.3) is 11.0 Å². The van der Waals surface area contributed by atoms with Crippen LogP contribution in [0.15, 0.2) is 50.8 Å². The van der Waals surface area contributed by atoms with Gasteiger partial charge in [0.25, 0.3) is 0 Å². The van der Waals surface area contributed by atoms with Crippen molar-refractivity contribution in [1.82, 2.24) is 0 Å². The summed E-state index contributed by atoms with van der Waals surface area (Å²) in [5.41, 5.74) is 3.94. The normalized spacial score (nSPS) is 12.8. The third-order valence-electron chi connectivity index (χ3n) is 5.01. The van der Waals surface area contributed by atoms with Crippen LogP contribution < -0.4 is 15.1 Å². The minimum Gasteiger partial charge on any atom is -0.458 e. The van der Waals surface area contributed by atoms with E-state index in [2.05, 4.69) is 5.16 Å². The van der Waals surface area contributed by atoms with Crippen LogP contribution in [0.3, 0.4) is 0 Å². The molecule has 0 radical (unpaired) electrons. The number of oxime groups is 1. The fourth-order valence-electron chi connectivity index (χ4n) is 3.16. The molecule has 0 amide bonds. The largest absolute Gasteiger partial charge is 0.458 e. The maximum Gasteiger partial charge on any atom is 0.347 e. The van der Waals surface area contributed by atoms with Crippen LogP contribution in [0.4, 0.5) is 0 Å². The lowest BCUT2D eigenvalue weighted by atomic mass is 10.0. The molecule has 0 saturated heterocycles. The van der Waals surface area contributed by atoms with Crippen LogP contribution in [0.2, 0.25) is 0 Å². The van der Waals surface area contributed by atoms with Crippen molar-refractivity contribution in [3.05, 3.63) is 69.1 Å². The molecule has 8 nitrogen and oxygen atoms in total. The first-order chi connectivity index (χ1) is 14.9. The van der Waals surface area contributed by atoms with Crippen molar-refractivity contribution in [3.63, 3.8) is 0 Å². The zero-order valence-electron chi connectivity index (χ0n) is 17.4. The molecule has 0 spiro atoms. The second kappa shape index (κ2) is 8.51. The first-order valence-electron chi connectivity index (χ1n) is 9.67. The molecule has 160 valence electrons. The number of carbonyl (C=O) groups is 1. The van der Waals surface area contributed by atoms with E-state index < -0.39 is 11.6 Å². The van der Waals surface area contributed by atoms with Gasteiger partial charge in [-0.25, -0.2) is 9.59 Å². The number of ether oxygens (including phenoxy) is 3. The van der Waals surface area contributed by atoms with Crippen LogP contribution in [0.5, 0.6) is 11.5 Å². The lowest BCUT2D eigenvalue weighted by Gasteiger charge is -2.09. The van der Waals surface area contributed by atoms with Crippen LogP contribution in [-0.4, -0.2) is 25.1 Å². The van der Waals surface area contributed by atoms with E-state index in [-0.39, 0.29) is 20.0 Å². The van der Waals surface area contributed by atoms with Crippen molar-refractivity contribution >= 4 is 22.7 Å². The molecular formula is C23H21NO7. The van der Waals surface area contributed by atoms with Gasteiger partial charge in [0.2, 0.25) is 13.4 Å². The van der Waals surface area contributed by atoms with Gasteiger partial charge >= 0.3 is 11.6 Å². The minimum absolute atomic E-state index is 0.0718. The zero-order valence-corrected chi connectivity index (χ0v) is 17.4. The molecule has 31 heavy (non-hydrogen) atoms. The number of aryl methyl sites for hydroxylation is 2. The van der Waals surface area contributed by atoms with Crippen molar-refractivity contribution in [2.75, 3.05) is 13.4 Å². The highest BCUT2D eigenvalue weighted by Crippen LogP contribution is 2.32. The number of fused-ring (bicyclic) bond motifs is 2. The first kappa shape index (κ1) is 20.5. The average molecular weight is 423 g/mol. The Hall–Kier alpha value is -3.81. The van der Waals surface area contributed by atoms with E-state index in [0.29, 0.717) is 28.4 Å². The Morgan fingerprint density at radius 2 is 1.84 bits per heavy atom. The predicted molar refractivity (Wildman–Crippen MR) is 112 cm³/mol. The molecule has 8 heteroatoms. The third-order valence-corrected chi connectivity index (χ3v) is 5.01. The molecule has 2 aromatic carbocycles. The summed E-state index contributed by atoms with van der Waals surface area (Å²) >= 11 is 0. The first-order valence-corrected chi connectivity index (χ1v) is 9.67. The van der Waals surface area contributed by atoms with Gasteiger partial charge in [0, 0.05) is 22.6 Å². The van der Waals surface area contributed by atoms with Gasteiger partial charge in [-0.1, -0.05) is 5.16 Å². The Bertz CT molecular complexity index is 1240. The van der Waals surface area contributed by atoms with Gasteiger partial charge < -0.3 is 23.5 Å². The molecule has 0 aliphatic carbocycles. The van der Waals surface area contributed by atoms with E-state index in [0.717, 1.165) is 22.1 Å². The summed E-state index contributed by atoms with van der Waals surface area (Å²) in [5.74, 6) is 0.706. The van der Waals surface area contributed by atoms with Crippen molar-refractivity contribution in [2.24, 2.45) is 5.16 Å². The molecular weight excluding hydrogens is 402 g/mol. The van der Waals surface area contributed by atoms with Crippen LogP contribution in [0, 0.1) is 13.8 Å². The van der Waals surface area contributed by atoms with Crippen molar-refractivity contribution in [3.8, 4) is 11.5 Å². The van der Waals surface area contributed by atoms with E-state index in [4.69, 9.17) is 23.5 Å². The number of esters is 1. The van der Waals surface area contributed by atoms with Gasteiger partial charge in [0.05, 0.1) is 5.71 Å². The molecule has 1 aromatic heterocycles. The lowest BCUT2D eigenvalue weighted by molar-refractivity contribution is -0.150.